The fourth-order valence-electron chi connectivity index (χ4n) is 1.30. The van der Waals surface area contributed by atoms with Gasteiger partial charge in [-0.15, -0.1) is 0 Å². The fraction of sp³-hybridized carbons (Fsp3) is 0.400. The van der Waals surface area contributed by atoms with Crippen molar-refractivity contribution in [3.8, 4) is 0 Å². The van der Waals surface area contributed by atoms with E-state index in [1.54, 1.807) is 0 Å². The number of hydrogen-bond acceptors (Lipinski definition) is 2. The van der Waals surface area contributed by atoms with E-state index in [1.165, 1.54) is 0 Å². The highest BCUT2D eigenvalue weighted by atomic mass is 16.7. The zero-order chi connectivity index (χ0) is 8.39. The lowest BCUT2D eigenvalue weighted by atomic mass is 10.2. The number of hydrogen-bond donors (Lipinski definition) is 0. The molecule has 1 aliphatic heterocycles. The summed E-state index contributed by atoms with van der Waals surface area (Å²) in [5, 5.41) is 0. The molecule has 2 heteroatoms. The first-order valence-electron chi connectivity index (χ1n) is 4.18. The van der Waals surface area contributed by atoms with Crippen LogP contribution in [0.4, 0.5) is 0 Å². The van der Waals surface area contributed by atoms with E-state index >= 15 is 0 Å². The molecule has 0 bridgehead atoms. The van der Waals surface area contributed by atoms with Crippen LogP contribution in [-0.2, 0) is 9.47 Å². The van der Waals surface area contributed by atoms with Gasteiger partial charge in [0.2, 0.25) is 0 Å². The van der Waals surface area contributed by atoms with Gasteiger partial charge in [-0.3, -0.25) is 0 Å². The minimum absolute atomic E-state index is 0.152. The summed E-state index contributed by atoms with van der Waals surface area (Å²) < 4.78 is 11.0. The van der Waals surface area contributed by atoms with Crippen LogP contribution in [0, 0.1) is 0 Å². The molecule has 0 amide bonds. The maximum Gasteiger partial charge on any atom is 0.184 e. The average molecular weight is 164 g/mol. The zero-order valence-electron chi connectivity index (χ0n) is 7.07. The second-order valence-electron chi connectivity index (χ2n) is 3.02. The molecule has 0 unspecified atom stereocenters. The van der Waals surface area contributed by atoms with Gasteiger partial charge in [-0.25, -0.2) is 0 Å². The van der Waals surface area contributed by atoms with Gasteiger partial charge in [-0.2, -0.15) is 0 Å². The van der Waals surface area contributed by atoms with Gasteiger partial charge in [0, 0.05) is 5.56 Å². The van der Waals surface area contributed by atoms with Gasteiger partial charge in [0.25, 0.3) is 0 Å². The summed E-state index contributed by atoms with van der Waals surface area (Å²) in [6, 6.07) is 10.0. The molecule has 0 aromatic heterocycles. The van der Waals surface area contributed by atoms with Crippen LogP contribution in [0.2, 0.25) is 0 Å². The third kappa shape index (κ3) is 1.49. The molecule has 2 rings (SSSR count). The van der Waals surface area contributed by atoms with Crippen LogP contribution in [0.25, 0.3) is 0 Å². The van der Waals surface area contributed by atoms with E-state index in [4.69, 9.17) is 9.47 Å². The SMILES string of the molecule is C[C@@H]1CO[C@@H](c2ccccc2)O1. The van der Waals surface area contributed by atoms with Crippen LogP contribution in [0.15, 0.2) is 30.3 Å². The smallest absolute Gasteiger partial charge is 0.184 e. The van der Waals surface area contributed by atoms with Gasteiger partial charge in [0.15, 0.2) is 6.29 Å². The Balaban J connectivity index is 2.11. The Morgan fingerprint density at radius 2 is 2.00 bits per heavy atom. The highest BCUT2D eigenvalue weighted by Crippen LogP contribution is 2.25. The van der Waals surface area contributed by atoms with Crippen molar-refractivity contribution in [3.63, 3.8) is 0 Å². The molecule has 64 valence electrons. The largest absolute Gasteiger partial charge is 0.346 e. The minimum Gasteiger partial charge on any atom is -0.346 e. The lowest BCUT2D eigenvalue weighted by molar-refractivity contribution is -0.0572. The van der Waals surface area contributed by atoms with Crippen molar-refractivity contribution in [1.29, 1.82) is 0 Å². The van der Waals surface area contributed by atoms with Crippen LogP contribution in [0.1, 0.15) is 18.8 Å². The summed E-state index contributed by atoms with van der Waals surface area (Å²) in [5.41, 5.74) is 1.10. The van der Waals surface area contributed by atoms with E-state index in [9.17, 15) is 0 Å². The maximum absolute atomic E-state index is 5.53. The second kappa shape index (κ2) is 3.25. The van der Waals surface area contributed by atoms with E-state index in [2.05, 4.69) is 0 Å². The van der Waals surface area contributed by atoms with Crippen LogP contribution < -0.4 is 0 Å². The minimum atomic E-state index is -0.152. The van der Waals surface area contributed by atoms with Crippen molar-refractivity contribution < 1.29 is 9.47 Å². The van der Waals surface area contributed by atoms with Crippen molar-refractivity contribution in [1.82, 2.24) is 0 Å². The average Bonchev–Trinajstić information content (AvgIpc) is 2.54. The van der Waals surface area contributed by atoms with Gasteiger partial charge in [-0.1, -0.05) is 30.3 Å². The second-order valence-corrected chi connectivity index (χ2v) is 3.02. The van der Waals surface area contributed by atoms with Crippen molar-refractivity contribution in [3.05, 3.63) is 35.9 Å². The normalized spacial score (nSPS) is 29.1. The lowest BCUT2D eigenvalue weighted by Crippen LogP contribution is -2.02. The molecule has 2 nitrogen and oxygen atoms in total. The third-order valence-corrected chi connectivity index (χ3v) is 1.91. The van der Waals surface area contributed by atoms with E-state index < -0.39 is 0 Å². The number of rotatable bonds is 1. The molecule has 1 saturated heterocycles. The molecule has 1 heterocycles. The van der Waals surface area contributed by atoms with Crippen molar-refractivity contribution in [2.75, 3.05) is 6.61 Å². The van der Waals surface area contributed by atoms with Gasteiger partial charge in [0.05, 0.1) is 12.7 Å². The Morgan fingerprint density at radius 3 is 2.58 bits per heavy atom. The van der Waals surface area contributed by atoms with Crippen LogP contribution in [0.3, 0.4) is 0 Å². The lowest BCUT2D eigenvalue weighted by Gasteiger charge is -2.08. The molecule has 1 aliphatic rings. The summed E-state index contributed by atoms with van der Waals surface area (Å²) in [6.45, 7) is 2.71. The molecule has 2 atom stereocenters. The van der Waals surface area contributed by atoms with Gasteiger partial charge < -0.3 is 9.47 Å². The molecule has 12 heavy (non-hydrogen) atoms. The molecule has 1 aromatic rings. The van der Waals surface area contributed by atoms with E-state index in [0.717, 1.165) is 5.56 Å². The van der Waals surface area contributed by atoms with Crippen LogP contribution >= 0.6 is 0 Å². The van der Waals surface area contributed by atoms with Crippen LogP contribution in [0.5, 0.6) is 0 Å². The number of benzene rings is 1. The Kier molecular flexibility index (Phi) is 2.11. The molecular weight excluding hydrogens is 152 g/mol. The van der Waals surface area contributed by atoms with Gasteiger partial charge in [-0.05, 0) is 6.92 Å². The molecule has 1 aromatic carbocycles. The fourth-order valence-corrected chi connectivity index (χ4v) is 1.30. The predicted octanol–water partition coefficient (Wildman–Crippen LogP) is 2.12. The summed E-state index contributed by atoms with van der Waals surface area (Å²) in [6.07, 6.45) is 0.0661. The summed E-state index contributed by atoms with van der Waals surface area (Å²) in [4.78, 5) is 0. The number of ether oxygens (including phenoxy) is 2. The molecule has 0 N–H and O–H groups in total. The third-order valence-electron chi connectivity index (χ3n) is 1.91. The standard InChI is InChI=1S/C10H12O2/c1-8-7-11-10(12-8)9-5-3-2-4-6-9/h2-6,8,10H,7H2,1H3/t8-,10-/m1/s1. The van der Waals surface area contributed by atoms with E-state index in [1.807, 2.05) is 37.3 Å². The molecule has 1 fully saturated rings. The Bertz CT molecular complexity index is 245. The van der Waals surface area contributed by atoms with Crippen LogP contribution in [-0.4, -0.2) is 12.7 Å². The summed E-state index contributed by atoms with van der Waals surface area (Å²) in [5.74, 6) is 0. The van der Waals surface area contributed by atoms with E-state index in [-0.39, 0.29) is 12.4 Å². The van der Waals surface area contributed by atoms with Gasteiger partial charge in [0.1, 0.15) is 0 Å². The summed E-state index contributed by atoms with van der Waals surface area (Å²) >= 11 is 0. The maximum atomic E-state index is 5.53. The Morgan fingerprint density at radius 1 is 1.25 bits per heavy atom. The molecule has 0 radical (unpaired) electrons. The monoisotopic (exact) mass is 164 g/mol. The highest BCUT2D eigenvalue weighted by molar-refractivity contribution is 5.16. The molecule has 0 saturated carbocycles. The Hall–Kier alpha value is -0.860. The first kappa shape index (κ1) is 7.77. The van der Waals surface area contributed by atoms with Crippen molar-refractivity contribution >= 4 is 0 Å². The Labute approximate surface area is 72.1 Å². The molecule has 0 spiro atoms. The zero-order valence-corrected chi connectivity index (χ0v) is 7.07. The predicted molar refractivity (Wildman–Crippen MR) is 45.7 cm³/mol. The molecular formula is C10H12O2. The first-order chi connectivity index (χ1) is 5.86. The van der Waals surface area contributed by atoms with Crippen molar-refractivity contribution in [2.24, 2.45) is 0 Å². The first-order valence-corrected chi connectivity index (χ1v) is 4.18. The van der Waals surface area contributed by atoms with Crippen molar-refractivity contribution in [2.45, 2.75) is 19.3 Å². The molecule has 0 aliphatic carbocycles. The quantitative estimate of drug-likeness (QED) is 0.633. The topological polar surface area (TPSA) is 18.5 Å². The van der Waals surface area contributed by atoms with E-state index in [0.29, 0.717) is 6.61 Å². The van der Waals surface area contributed by atoms with Gasteiger partial charge >= 0.3 is 0 Å². The highest BCUT2D eigenvalue weighted by Gasteiger charge is 2.23. The summed E-state index contributed by atoms with van der Waals surface area (Å²) in [7, 11) is 0.